The minimum atomic E-state index is -3.20. The van der Waals surface area contributed by atoms with Crippen LogP contribution in [0, 0.1) is 0 Å². The van der Waals surface area contributed by atoms with E-state index in [1.54, 1.807) is 12.1 Å². The second kappa shape index (κ2) is 34.8. The molecule has 15 saturated heterocycles. The molecule has 1 aromatic heterocycles. The summed E-state index contributed by atoms with van der Waals surface area (Å²) in [4.78, 5) is 4.69. The average Bonchev–Trinajstić information content (AvgIpc) is 0.773. The van der Waals surface area contributed by atoms with Gasteiger partial charge in [-0.2, -0.15) is 0 Å². The van der Waals surface area contributed by atoms with Crippen LogP contribution in [0.15, 0.2) is 84.0 Å². The van der Waals surface area contributed by atoms with Crippen LogP contribution in [-0.4, -0.2) is 383 Å². The Kier molecular flexibility index (Phi) is 27.1. The number of aliphatic hydroxyl groups excluding tert-OH is 20. The molecule has 104 heavy (non-hydrogen) atoms. The van der Waals surface area contributed by atoms with Gasteiger partial charge >= 0.3 is 8.32 Å². The number of pyridine rings is 1. The molecular weight excluding hydrogens is 1410 g/mol. The predicted molar refractivity (Wildman–Crippen MR) is 342 cm³/mol. The van der Waals surface area contributed by atoms with Gasteiger partial charge in [-0.3, -0.25) is 0 Å². The Hall–Kier alpha value is -4.12. The molecular formula is C65H94N2O36Si. The molecule has 18 rings (SSSR count). The zero-order valence-electron chi connectivity index (χ0n) is 56.3. The molecule has 14 bridgehead atoms. The van der Waals surface area contributed by atoms with Gasteiger partial charge in [0.1, 0.15) is 171 Å². The van der Waals surface area contributed by atoms with Crippen LogP contribution in [-0.2, 0) is 82.2 Å². The second-order valence-corrected chi connectivity index (χ2v) is 31.7. The summed E-state index contributed by atoms with van der Waals surface area (Å²) >= 11 is 0. The Labute approximate surface area is 594 Å². The molecule has 0 unspecified atom stereocenters. The maximum absolute atomic E-state index is 12.6. The van der Waals surface area contributed by atoms with Crippen molar-refractivity contribution in [3.63, 3.8) is 0 Å². The molecule has 38 nitrogen and oxygen atoms in total. The van der Waals surface area contributed by atoms with Crippen molar-refractivity contribution in [3.8, 4) is 0 Å². The minimum absolute atomic E-state index is 0.168. The van der Waals surface area contributed by atoms with E-state index < -0.39 is 281 Å². The maximum Gasteiger partial charge on any atom is 0.354 e. The van der Waals surface area contributed by atoms with Crippen LogP contribution < -0.4 is 10.4 Å². The summed E-state index contributed by atoms with van der Waals surface area (Å²) in [5, 5.41) is 233. The average molecular weight is 1510 g/mol. The number of aromatic nitrogens is 1. The van der Waals surface area contributed by atoms with Crippen molar-refractivity contribution in [1.82, 2.24) is 4.98 Å². The normalized spacial score (nSPS) is 44.4. The summed E-state index contributed by atoms with van der Waals surface area (Å²) in [5.74, 6) is 0. The van der Waals surface area contributed by atoms with Crippen molar-refractivity contribution >= 4 is 24.9 Å². The summed E-state index contributed by atoms with van der Waals surface area (Å²) in [6, 6.07) is 24.2. The molecule has 15 aliphatic heterocycles. The van der Waals surface area contributed by atoms with E-state index in [4.69, 9.17) is 75.6 Å². The van der Waals surface area contributed by atoms with E-state index in [1.807, 2.05) is 60.7 Å². The number of hydrogen-bond donors (Lipinski definition) is 20. The highest BCUT2D eigenvalue weighted by atomic mass is 28.4. The lowest BCUT2D eigenvalue weighted by atomic mass is 9.95. The quantitative estimate of drug-likeness (QED) is 0.0382. The van der Waals surface area contributed by atoms with Gasteiger partial charge < -0.3 is 178 Å². The molecule has 15 aliphatic rings. The summed E-state index contributed by atoms with van der Waals surface area (Å²) in [7, 11) is -3.20. The van der Waals surface area contributed by atoms with Crippen molar-refractivity contribution in [2.24, 2.45) is 5.16 Å². The monoisotopic (exact) mass is 1510 g/mol. The number of rotatable bonds is 15. The van der Waals surface area contributed by atoms with E-state index in [2.05, 4.69) is 30.9 Å². The highest BCUT2D eigenvalue weighted by molar-refractivity contribution is 6.99. The van der Waals surface area contributed by atoms with Gasteiger partial charge in [0.05, 0.1) is 70.5 Å². The standard InChI is InChI=1S/C65H94N2O36Si/c1-65(2,3)104(28-13-6-4-7-14-28,29-15-8-5-9-16-29)103-66-17-26-11-10-12-27(67-26)25-88-57-49(87)56-36(24-74)95-64(57)102-55-35(23-73)94-62(48(86)42(55)80)100-53-33(21-71)92-60(46(84)40(53)78)98-51-31(19-69)90-58(44(82)38(51)76)96-50-30(18-68)89-59(43(81)37(50)75)97-52-32(20-70)91-61(45(83)39(52)77)99-54-34(22-72)93-63(101-56)47(85)41(54)79/h4-17,30-64,68-87H,18-25H2,1-3H3/b66-17+/t30-,31-,32-,33-,34-,35-,36-,37-,38-,39-,40-,41-,42-,43-,44-,45-,46-,47-,48-,49+,50-,51-,52-,53-,54-,55-,56-,57-,58-,59-,60-,61-,62-,63-,64-/m1/s1. The van der Waals surface area contributed by atoms with Gasteiger partial charge in [-0.05, 0) is 22.5 Å². The Balaban J connectivity index is 0.895. The highest BCUT2D eigenvalue weighted by Crippen LogP contribution is 2.41. The zero-order valence-corrected chi connectivity index (χ0v) is 57.3. The lowest BCUT2D eigenvalue weighted by Crippen LogP contribution is -2.68. The molecule has 0 amide bonds. The van der Waals surface area contributed by atoms with Crippen LogP contribution in [0.4, 0.5) is 0 Å². The summed E-state index contributed by atoms with van der Waals surface area (Å²) in [6.07, 6.45) is -69.4. The van der Waals surface area contributed by atoms with Crippen LogP contribution in [0.25, 0.3) is 0 Å². The number of hydrogen-bond acceptors (Lipinski definition) is 38. The first-order chi connectivity index (χ1) is 49.7. The number of ether oxygens (including phenoxy) is 15. The smallest absolute Gasteiger partial charge is 0.354 e. The van der Waals surface area contributed by atoms with Gasteiger partial charge in [0.15, 0.2) is 44.0 Å². The van der Waals surface area contributed by atoms with E-state index in [1.165, 1.54) is 12.3 Å². The van der Waals surface area contributed by atoms with Gasteiger partial charge in [0.2, 0.25) is 0 Å². The Bertz CT molecular complexity index is 3130. The lowest BCUT2D eigenvalue weighted by molar-refractivity contribution is -0.398. The largest absolute Gasteiger partial charge is 0.443 e. The van der Waals surface area contributed by atoms with Crippen molar-refractivity contribution in [2.75, 3.05) is 46.2 Å². The topological polar surface area (TPSA) is 578 Å². The number of benzene rings is 2. The Morgan fingerprint density at radius 3 is 0.894 bits per heavy atom. The molecule has 35 atom stereocenters. The zero-order chi connectivity index (χ0) is 74.8. The first-order valence-corrected chi connectivity index (χ1v) is 35.8. The molecule has 0 aliphatic carbocycles. The number of aliphatic hydroxyl groups is 20. The predicted octanol–water partition coefficient (Wildman–Crippen LogP) is -10.7. The van der Waals surface area contributed by atoms with Crippen molar-refractivity contribution in [1.29, 1.82) is 0 Å². The third kappa shape index (κ3) is 16.4. The van der Waals surface area contributed by atoms with Crippen LogP contribution in [0.1, 0.15) is 32.2 Å². The van der Waals surface area contributed by atoms with Gasteiger partial charge in [-0.15, -0.1) is 5.16 Å². The number of oxime groups is 1. The molecule has 39 heteroatoms. The molecule has 16 heterocycles. The number of nitrogens with zero attached hydrogens (tertiary/aromatic N) is 2. The molecule has 2 aromatic carbocycles. The van der Waals surface area contributed by atoms with E-state index >= 15 is 0 Å². The van der Waals surface area contributed by atoms with E-state index in [9.17, 15) is 102 Å². The fourth-order valence-electron chi connectivity index (χ4n) is 14.2. The molecule has 0 spiro atoms. The van der Waals surface area contributed by atoms with Crippen LogP contribution in [0.3, 0.4) is 0 Å². The summed E-state index contributed by atoms with van der Waals surface area (Å²) in [6.45, 7) is -1.78. The Morgan fingerprint density at radius 1 is 0.346 bits per heavy atom. The fourth-order valence-corrected chi connectivity index (χ4v) is 18.3. The highest BCUT2D eigenvalue weighted by Gasteiger charge is 2.61. The molecule has 0 saturated carbocycles. The van der Waals surface area contributed by atoms with Crippen LogP contribution in [0.2, 0.25) is 5.04 Å². The maximum atomic E-state index is 12.6. The fraction of sp³-hybridized carbons (Fsp3) is 0.723. The van der Waals surface area contributed by atoms with Gasteiger partial charge in [0.25, 0.3) is 0 Å². The third-order valence-electron chi connectivity index (χ3n) is 19.8. The van der Waals surface area contributed by atoms with E-state index in [0.29, 0.717) is 0 Å². The van der Waals surface area contributed by atoms with Crippen molar-refractivity contribution in [2.45, 2.75) is 247 Å². The van der Waals surface area contributed by atoms with Crippen LogP contribution >= 0.6 is 0 Å². The van der Waals surface area contributed by atoms with Crippen LogP contribution in [0.5, 0.6) is 0 Å². The molecule has 20 N–H and O–H groups in total. The summed E-state index contributed by atoms with van der Waals surface area (Å²) < 4.78 is 95.7. The van der Waals surface area contributed by atoms with Gasteiger partial charge in [-0.1, -0.05) is 87.5 Å². The number of fused-ring (bicyclic) bond motifs is 7. The van der Waals surface area contributed by atoms with E-state index in [-0.39, 0.29) is 11.4 Å². The first-order valence-electron chi connectivity index (χ1n) is 33.9. The minimum Gasteiger partial charge on any atom is -0.443 e. The van der Waals surface area contributed by atoms with Gasteiger partial charge in [0, 0.05) is 5.04 Å². The second-order valence-electron chi connectivity index (χ2n) is 27.5. The first kappa shape index (κ1) is 80.9. The Morgan fingerprint density at radius 2 is 0.615 bits per heavy atom. The molecule has 3 aromatic rings. The van der Waals surface area contributed by atoms with E-state index in [0.717, 1.165) is 10.4 Å². The molecule has 584 valence electrons. The summed E-state index contributed by atoms with van der Waals surface area (Å²) in [5.41, 5.74) is 0.429. The van der Waals surface area contributed by atoms with Crippen molar-refractivity contribution in [3.05, 3.63) is 90.3 Å². The molecule has 0 radical (unpaired) electrons. The SMILES string of the molecule is CC(C)(C)[Si](O/N=C/c1cccc(CO[C@H]2[C@H]3O[C@H]4[C@H](O)[C@@H](O)[C@@H](O[C@H]5[C@H](O)[C@@H](O)[C@@H](O[C@H]6[C@H](O)[C@@H](O)[C@@H](O[C@H]7[C@H](O)[C@@H](O)[C@@H](O[C@H]8[C@H](O)[C@@H](O)[C@@H](O[C@H]9[C@H](O)[C@@H](O)[C@@H](O[C@@H]([C@@H]2O)[C@@H](CO)O3)O[C@@H]9CO)O[C@@H]8CO)O[C@@H]7CO)O[C@@H]6CO)O[C@@H]5CO)O[C@@H]4CO)n1)(c1ccccc1)c1ccccc1. The lowest BCUT2D eigenvalue weighted by Gasteiger charge is -2.50. The van der Waals surface area contributed by atoms with Crippen molar-refractivity contribution < 1.29 is 178 Å². The third-order valence-corrected chi connectivity index (χ3v) is 24.6. The molecule has 15 fully saturated rings. The van der Waals surface area contributed by atoms with Gasteiger partial charge in [-0.25, -0.2) is 4.98 Å².